The Morgan fingerprint density at radius 3 is 2.32 bits per heavy atom. The maximum absolute atomic E-state index is 6.43. The van der Waals surface area contributed by atoms with E-state index in [0.29, 0.717) is 27.3 Å². The van der Waals surface area contributed by atoms with Crippen LogP contribution in [0.4, 0.5) is 5.82 Å². The van der Waals surface area contributed by atoms with Crippen LogP contribution in [0.1, 0.15) is 5.56 Å². The topological polar surface area (TPSA) is 57.5 Å². The molecule has 0 amide bonds. The van der Waals surface area contributed by atoms with Gasteiger partial charge in [-0.3, -0.25) is 0 Å². The van der Waals surface area contributed by atoms with Crippen molar-refractivity contribution >= 4 is 29.0 Å². The van der Waals surface area contributed by atoms with Gasteiger partial charge in [0.05, 0.1) is 37.7 Å². The van der Waals surface area contributed by atoms with Gasteiger partial charge in [-0.15, -0.1) is 0 Å². The Hall–Kier alpha value is -2.57. The standard InChI is InChI=1S/C20H19Cl2N3O3/c1-26-16-8-11(9-17(27-2)19(16)28-3)18-13-6-7-23-20(13)25(24-18)15-5-4-12(21)10-14(15)22/h4-5,8-10,23H,6-7H2,1-3H3. The number of halogens is 2. The molecule has 1 aliphatic heterocycles. The fraction of sp³-hybridized carbons (Fsp3) is 0.250. The van der Waals surface area contributed by atoms with Gasteiger partial charge in [-0.2, -0.15) is 5.10 Å². The number of methoxy groups -OCH3 is 3. The summed E-state index contributed by atoms with van der Waals surface area (Å²) in [4.78, 5) is 0. The van der Waals surface area contributed by atoms with Crippen molar-refractivity contribution in [1.82, 2.24) is 9.78 Å². The van der Waals surface area contributed by atoms with Gasteiger partial charge in [-0.05, 0) is 36.8 Å². The molecule has 4 rings (SSSR count). The molecule has 0 atom stereocenters. The Labute approximate surface area is 172 Å². The lowest BCUT2D eigenvalue weighted by atomic mass is 10.1. The van der Waals surface area contributed by atoms with Crippen LogP contribution in [-0.2, 0) is 6.42 Å². The zero-order chi connectivity index (χ0) is 19.8. The summed E-state index contributed by atoms with van der Waals surface area (Å²) in [6, 6.07) is 9.16. The minimum atomic E-state index is 0.531. The van der Waals surface area contributed by atoms with E-state index in [1.807, 2.05) is 22.9 Å². The van der Waals surface area contributed by atoms with Crippen LogP contribution in [0, 0.1) is 0 Å². The van der Waals surface area contributed by atoms with Crippen molar-refractivity contribution in [3.05, 3.63) is 45.9 Å². The minimum absolute atomic E-state index is 0.531. The van der Waals surface area contributed by atoms with Crippen LogP contribution in [0.5, 0.6) is 17.2 Å². The van der Waals surface area contributed by atoms with Crippen LogP contribution in [-0.4, -0.2) is 37.7 Å². The summed E-state index contributed by atoms with van der Waals surface area (Å²) in [5, 5.41) is 9.35. The highest BCUT2D eigenvalue weighted by Crippen LogP contribution is 2.43. The molecular formula is C20H19Cl2N3O3. The molecule has 3 aromatic rings. The van der Waals surface area contributed by atoms with Crippen molar-refractivity contribution in [2.24, 2.45) is 0 Å². The van der Waals surface area contributed by atoms with Crippen LogP contribution in [0.15, 0.2) is 30.3 Å². The lowest BCUT2D eigenvalue weighted by Gasteiger charge is -2.13. The largest absolute Gasteiger partial charge is 0.493 e. The maximum atomic E-state index is 6.43. The minimum Gasteiger partial charge on any atom is -0.493 e. The van der Waals surface area contributed by atoms with Gasteiger partial charge in [0.1, 0.15) is 5.82 Å². The molecular weight excluding hydrogens is 401 g/mol. The molecule has 0 saturated heterocycles. The van der Waals surface area contributed by atoms with Crippen molar-refractivity contribution in [1.29, 1.82) is 0 Å². The van der Waals surface area contributed by atoms with E-state index in [9.17, 15) is 0 Å². The fourth-order valence-corrected chi connectivity index (χ4v) is 3.94. The first-order valence-electron chi connectivity index (χ1n) is 8.69. The van der Waals surface area contributed by atoms with Gasteiger partial charge in [-0.25, -0.2) is 4.68 Å². The first-order chi connectivity index (χ1) is 13.6. The summed E-state index contributed by atoms with van der Waals surface area (Å²) in [6.45, 7) is 0.829. The first kappa shape index (κ1) is 18.8. The van der Waals surface area contributed by atoms with Gasteiger partial charge < -0.3 is 19.5 Å². The summed E-state index contributed by atoms with van der Waals surface area (Å²) < 4.78 is 18.2. The molecule has 2 aromatic carbocycles. The number of hydrogen-bond donors (Lipinski definition) is 1. The molecule has 8 heteroatoms. The molecule has 0 aliphatic carbocycles. The molecule has 0 unspecified atom stereocenters. The molecule has 0 radical (unpaired) electrons. The Morgan fingerprint density at radius 2 is 1.71 bits per heavy atom. The zero-order valence-corrected chi connectivity index (χ0v) is 17.2. The zero-order valence-electron chi connectivity index (χ0n) is 15.7. The number of fused-ring (bicyclic) bond motifs is 1. The van der Waals surface area contributed by atoms with E-state index < -0.39 is 0 Å². The third kappa shape index (κ3) is 3.02. The van der Waals surface area contributed by atoms with Crippen molar-refractivity contribution in [2.45, 2.75) is 6.42 Å². The van der Waals surface area contributed by atoms with Gasteiger partial charge in [0.2, 0.25) is 5.75 Å². The second-order valence-corrected chi connectivity index (χ2v) is 7.12. The molecule has 0 fully saturated rings. The van der Waals surface area contributed by atoms with Crippen LogP contribution in [0.2, 0.25) is 10.0 Å². The van der Waals surface area contributed by atoms with Crippen molar-refractivity contribution < 1.29 is 14.2 Å². The van der Waals surface area contributed by atoms with Crippen molar-refractivity contribution in [3.8, 4) is 34.2 Å². The molecule has 146 valence electrons. The summed E-state index contributed by atoms with van der Waals surface area (Å²) in [6.07, 6.45) is 0.854. The highest BCUT2D eigenvalue weighted by Gasteiger charge is 2.26. The second kappa shape index (κ2) is 7.45. The van der Waals surface area contributed by atoms with Crippen LogP contribution in [0.25, 0.3) is 16.9 Å². The third-order valence-electron chi connectivity index (χ3n) is 4.73. The van der Waals surface area contributed by atoms with Gasteiger partial charge >= 0.3 is 0 Å². The summed E-state index contributed by atoms with van der Waals surface area (Å²) in [5.41, 5.74) is 3.58. The van der Waals surface area contributed by atoms with Crippen LogP contribution >= 0.6 is 23.2 Å². The Balaban J connectivity index is 1.91. The fourth-order valence-electron chi connectivity index (χ4n) is 3.45. The van der Waals surface area contributed by atoms with Crippen molar-refractivity contribution in [2.75, 3.05) is 33.2 Å². The Kier molecular flexibility index (Phi) is 5.00. The molecule has 6 nitrogen and oxygen atoms in total. The molecule has 0 saturated carbocycles. The summed E-state index contributed by atoms with van der Waals surface area (Å²) >= 11 is 12.5. The lowest BCUT2D eigenvalue weighted by molar-refractivity contribution is 0.324. The van der Waals surface area contributed by atoms with Gasteiger partial charge in [0.25, 0.3) is 0 Å². The monoisotopic (exact) mass is 419 g/mol. The number of hydrogen-bond acceptors (Lipinski definition) is 5. The molecule has 2 heterocycles. The quantitative estimate of drug-likeness (QED) is 0.640. The maximum Gasteiger partial charge on any atom is 0.203 e. The summed E-state index contributed by atoms with van der Waals surface area (Å²) in [7, 11) is 4.78. The van der Waals surface area contributed by atoms with Crippen LogP contribution < -0.4 is 19.5 Å². The number of benzene rings is 2. The van der Waals surface area contributed by atoms with Crippen LogP contribution in [0.3, 0.4) is 0 Å². The van der Waals surface area contributed by atoms with E-state index in [1.54, 1.807) is 33.5 Å². The molecule has 1 aliphatic rings. The van der Waals surface area contributed by atoms with E-state index in [4.69, 9.17) is 42.5 Å². The Morgan fingerprint density at radius 1 is 1.00 bits per heavy atom. The number of rotatable bonds is 5. The van der Waals surface area contributed by atoms with E-state index in [0.717, 1.165) is 41.3 Å². The second-order valence-electron chi connectivity index (χ2n) is 6.27. The van der Waals surface area contributed by atoms with Crippen molar-refractivity contribution in [3.63, 3.8) is 0 Å². The molecule has 0 spiro atoms. The summed E-state index contributed by atoms with van der Waals surface area (Å²) in [5.74, 6) is 2.63. The molecule has 28 heavy (non-hydrogen) atoms. The molecule has 1 aromatic heterocycles. The number of aromatic nitrogens is 2. The average molecular weight is 420 g/mol. The number of anilines is 1. The number of nitrogens with one attached hydrogen (secondary N) is 1. The highest BCUT2D eigenvalue weighted by atomic mass is 35.5. The van der Waals surface area contributed by atoms with Gasteiger partial charge in [0.15, 0.2) is 11.5 Å². The smallest absolute Gasteiger partial charge is 0.203 e. The predicted octanol–water partition coefficient (Wildman–Crippen LogP) is 4.84. The number of ether oxygens (including phenoxy) is 3. The molecule has 1 N–H and O–H groups in total. The highest BCUT2D eigenvalue weighted by molar-refractivity contribution is 6.35. The third-order valence-corrected chi connectivity index (χ3v) is 5.26. The van der Waals surface area contributed by atoms with E-state index in [2.05, 4.69) is 5.32 Å². The van der Waals surface area contributed by atoms with E-state index in [-0.39, 0.29) is 0 Å². The average Bonchev–Trinajstić information content (AvgIpc) is 3.30. The van der Waals surface area contributed by atoms with Gasteiger partial charge in [-0.1, -0.05) is 23.2 Å². The predicted molar refractivity (Wildman–Crippen MR) is 111 cm³/mol. The SMILES string of the molecule is COc1cc(-c2nn(-c3ccc(Cl)cc3Cl)c3c2CCN3)cc(OC)c1OC. The molecule has 0 bridgehead atoms. The normalized spacial score (nSPS) is 12.5. The van der Waals surface area contributed by atoms with E-state index >= 15 is 0 Å². The van der Waals surface area contributed by atoms with E-state index in [1.165, 1.54) is 0 Å². The lowest BCUT2D eigenvalue weighted by Crippen LogP contribution is -2.05. The Bertz CT molecular complexity index is 1020. The number of nitrogens with zero attached hydrogens (tertiary/aromatic N) is 2. The van der Waals surface area contributed by atoms with Gasteiger partial charge in [0, 0.05) is 22.7 Å². The first-order valence-corrected chi connectivity index (χ1v) is 9.44.